The maximum atomic E-state index is 12.7. The Morgan fingerprint density at radius 1 is 1.18 bits per heavy atom. The van der Waals surface area contributed by atoms with Crippen LogP contribution in [0.2, 0.25) is 0 Å². The van der Waals surface area contributed by atoms with Crippen molar-refractivity contribution >= 4 is 38.6 Å². The molecule has 0 atom stereocenters. The number of nitrogens with one attached hydrogen (secondary N) is 1. The lowest BCUT2D eigenvalue weighted by Crippen LogP contribution is -2.40. The zero-order valence-electron chi connectivity index (χ0n) is 15.4. The molecule has 0 amide bonds. The lowest BCUT2D eigenvalue weighted by atomic mass is 10.3. The van der Waals surface area contributed by atoms with Crippen molar-refractivity contribution in [1.29, 1.82) is 0 Å². The highest BCUT2D eigenvalue weighted by Gasteiger charge is 2.26. The van der Waals surface area contributed by atoms with Crippen LogP contribution in [0.1, 0.15) is 6.92 Å². The van der Waals surface area contributed by atoms with Crippen molar-refractivity contribution in [2.45, 2.75) is 18.4 Å². The molecule has 11 heteroatoms. The number of fused-ring (bicyclic) bond motifs is 1. The molecule has 1 aliphatic rings. The molecular weight excluding hydrogens is 382 g/mol. The van der Waals surface area contributed by atoms with Crippen molar-refractivity contribution in [3.63, 3.8) is 0 Å². The third kappa shape index (κ3) is 3.39. The second-order valence-corrected chi connectivity index (χ2v) is 8.24. The molecule has 1 aromatic carbocycles. The van der Waals surface area contributed by atoms with E-state index in [9.17, 15) is 8.42 Å². The number of aryl methyl sites for hydroxylation is 1. The summed E-state index contributed by atoms with van der Waals surface area (Å²) in [5.74, 6) is 0.607. The predicted molar refractivity (Wildman–Crippen MR) is 105 cm³/mol. The first-order valence-electron chi connectivity index (χ1n) is 8.92. The Balaban J connectivity index is 1.60. The van der Waals surface area contributed by atoms with Crippen LogP contribution in [0, 0.1) is 0 Å². The average Bonchev–Trinajstić information content (AvgIpc) is 3.12. The summed E-state index contributed by atoms with van der Waals surface area (Å²) in [6.07, 6.45) is 1.68. The Bertz CT molecular complexity index is 1090. The maximum Gasteiger partial charge on any atom is 0.243 e. The second kappa shape index (κ2) is 7.34. The summed E-state index contributed by atoms with van der Waals surface area (Å²) in [7, 11) is -3.53. The Hall–Kier alpha value is -2.76. The second-order valence-electron chi connectivity index (χ2n) is 6.30. The lowest BCUT2D eigenvalue weighted by molar-refractivity contribution is 0.0730. The van der Waals surface area contributed by atoms with Gasteiger partial charge >= 0.3 is 0 Å². The van der Waals surface area contributed by atoms with Gasteiger partial charge in [-0.2, -0.15) is 14.3 Å². The van der Waals surface area contributed by atoms with E-state index in [0.29, 0.717) is 55.5 Å². The van der Waals surface area contributed by atoms with Crippen LogP contribution in [0.3, 0.4) is 0 Å². The number of morpholine rings is 1. The standard InChI is InChI=1S/C17H21N7O3S/c1-2-23-11-19-14-15(21-17(18)22-16(14)23)20-12-3-5-13(6-4-12)28(25,26)24-7-9-27-10-8-24/h3-6,11H,2,7-10H2,1H3,(H3,18,20,21,22). The number of aromatic nitrogens is 4. The summed E-state index contributed by atoms with van der Waals surface area (Å²) < 4.78 is 34.0. The topological polar surface area (TPSA) is 128 Å². The van der Waals surface area contributed by atoms with Crippen LogP contribution in [-0.4, -0.2) is 58.5 Å². The van der Waals surface area contributed by atoms with Gasteiger partial charge in [-0.15, -0.1) is 0 Å². The summed E-state index contributed by atoms with van der Waals surface area (Å²) in [5.41, 5.74) is 7.74. The van der Waals surface area contributed by atoms with Crippen LogP contribution in [0.4, 0.5) is 17.5 Å². The first-order chi connectivity index (χ1) is 13.5. The largest absolute Gasteiger partial charge is 0.379 e. The number of hydrogen-bond acceptors (Lipinski definition) is 8. The van der Waals surface area contributed by atoms with Gasteiger partial charge in [0.1, 0.15) is 0 Å². The summed E-state index contributed by atoms with van der Waals surface area (Å²) in [5, 5.41) is 3.15. The van der Waals surface area contributed by atoms with Crippen LogP contribution in [0.5, 0.6) is 0 Å². The van der Waals surface area contributed by atoms with Gasteiger partial charge in [0, 0.05) is 25.3 Å². The molecule has 3 heterocycles. The predicted octanol–water partition coefficient (Wildman–Crippen LogP) is 1.19. The maximum absolute atomic E-state index is 12.7. The van der Waals surface area contributed by atoms with Crippen molar-refractivity contribution in [3.05, 3.63) is 30.6 Å². The van der Waals surface area contributed by atoms with Crippen LogP contribution >= 0.6 is 0 Å². The fraction of sp³-hybridized carbons (Fsp3) is 0.353. The SMILES string of the molecule is CCn1cnc2c(Nc3ccc(S(=O)(=O)N4CCOCC4)cc3)nc(N)nc21. The fourth-order valence-electron chi connectivity index (χ4n) is 3.06. The fourth-order valence-corrected chi connectivity index (χ4v) is 4.47. The van der Waals surface area contributed by atoms with Crippen molar-refractivity contribution in [1.82, 2.24) is 23.8 Å². The van der Waals surface area contributed by atoms with Crippen molar-refractivity contribution in [3.8, 4) is 0 Å². The summed E-state index contributed by atoms with van der Waals surface area (Å²) >= 11 is 0. The molecule has 0 radical (unpaired) electrons. The van der Waals surface area contributed by atoms with E-state index in [1.165, 1.54) is 4.31 Å². The van der Waals surface area contributed by atoms with E-state index in [0.717, 1.165) is 0 Å². The highest BCUT2D eigenvalue weighted by atomic mass is 32.2. The van der Waals surface area contributed by atoms with Gasteiger partial charge in [0.2, 0.25) is 16.0 Å². The lowest BCUT2D eigenvalue weighted by Gasteiger charge is -2.26. The van der Waals surface area contributed by atoms with Crippen LogP contribution in [0.25, 0.3) is 11.2 Å². The molecule has 3 aromatic rings. The zero-order valence-corrected chi connectivity index (χ0v) is 16.2. The first kappa shape index (κ1) is 18.6. The summed E-state index contributed by atoms with van der Waals surface area (Å²) in [6.45, 7) is 4.24. The van der Waals surface area contributed by atoms with Gasteiger partial charge < -0.3 is 20.4 Å². The normalized spacial score (nSPS) is 15.8. The molecule has 1 aliphatic heterocycles. The quantitative estimate of drug-likeness (QED) is 0.650. The molecule has 0 unspecified atom stereocenters. The number of nitrogen functional groups attached to an aromatic ring is 1. The molecule has 0 spiro atoms. The summed E-state index contributed by atoms with van der Waals surface area (Å²) in [4.78, 5) is 13.1. The Morgan fingerprint density at radius 2 is 1.89 bits per heavy atom. The number of nitrogens with two attached hydrogens (primary N) is 1. The number of sulfonamides is 1. The number of hydrogen-bond donors (Lipinski definition) is 2. The number of rotatable bonds is 5. The molecule has 1 fully saturated rings. The molecule has 10 nitrogen and oxygen atoms in total. The Labute approximate surface area is 162 Å². The molecule has 0 aliphatic carbocycles. The zero-order chi connectivity index (χ0) is 19.7. The summed E-state index contributed by atoms with van der Waals surface area (Å²) in [6, 6.07) is 6.52. The van der Waals surface area contributed by atoms with Crippen molar-refractivity contribution in [2.24, 2.45) is 0 Å². The molecule has 1 saturated heterocycles. The van der Waals surface area contributed by atoms with Gasteiger partial charge in [-0.05, 0) is 31.2 Å². The van der Waals surface area contributed by atoms with Gasteiger partial charge in [-0.25, -0.2) is 13.4 Å². The van der Waals surface area contributed by atoms with Crippen molar-refractivity contribution < 1.29 is 13.2 Å². The monoisotopic (exact) mass is 403 g/mol. The highest BCUT2D eigenvalue weighted by molar-refractivity contribution is 7.89. The third-order valence-electron chi connectivity index (χ3n) is 4.55. The van der Waals surface area contributed by atoms with Gasteiger partial charge in [0.15, 0.2) is 17.0 Å². The number of nitrogens with zero attached hydrogens (tertiary/aromatic N) is 5. The average molecular weight is 403 g/mol. The number of ether oxygens (including phenoxy) is 1. The van der Waals surface area contributed by atoms with E-state index in [-0.39, 0.29) is 10.8 Å². The van der Waals surface area contributed by atoms with Gasteiger partial charge in [-0.3, -0.25) is 0 Å². The number of imidazole rings is 1. The van der Waals surface area contributed by atoms with E-state index in [1.807, 2.05) is 11.5 Å². The van der Waals surface area contributed by atoms with E-state index in [4.69, 9.17) is 10.5 Å². The van der Waals surface area contributed by atoms with E-state index in [2.05, 4.69) is 20.3 Å². The van der Waals surface area contributed by atoms with E-state index < -0.39 is 10.0 Å². The molecule has 3 N–H and O–H groups in total. The van der Waals surface area contributed by atoms with Crippen LogP contribution in [-0.2, 0) is 21.3 Å². The van der Waals surface area contributed by atoms with Gasteiger partial charge in [-0.1, -0.05) is 0 Å². The molecule has 0 saturated carbocycles. The molecule has 2 aromatic heterocycles. The number of anilines is 3. The van der Waals surface area contributed by atoms with Crippen LogP contribution < -0.4 is 11.1 Å². The Kier molecular flexibility index (Phi) is 4.87. The van der Waals surface area contributed by atoms with Gasteiger partial charge in [0.05, 0.1) is 24.4 Å². The minimum absolute atomic E-state index is 0.136. The minimum atomic E-state index is -3.53. The van der Waals surface area contributed by atoms with E-state index in [1.54, 1.807) is 30.6 Å². The van der Waals surface area contributed by atoms with Gasteiger partial charge in [0.25, 0.3) is 0 Å². The molecular formula is C17H21N7O3S. The molecule has 148 valence electrons. The Morgan fingerprint density at radius 3 is 2.57 bits per heavy atom. The highest BCUT2D eigenvalue weighted by Crippen LogP contribution is 2.25. The molecule has 0 bridgehead atoms. The minimum Gasteiger partial charge on any atom is -0.379 e. The molecule has 4 rings (SSSR count). The van der Waals surface area contributed by atoms with Crippen LogP contribution in [0.15, 0.2) is 35.5 Å². The molecule has 28 heavy (non-hydrogen) atoms. The third-order valence-corrected chi connectivity index (χ3v) is 6.46. The van der Waals surface area contributed by atoms with E-state index >= 15 is 0 Å². The smallest absolute Gasteiger partial charge is 0.243 e. The first-order valence-corrected chi connectivity index (χ1v) is 10.4. The van der Waals surface area contributed by atoms with Crippen molar-refractivity contribution in [2.75, 3.05) is 37.4 Å². The number of benzene rings is 1.